The van der Waals surface area contributed by atoms with Crippen LogP contribution in [0.25, 0.3) is 5.82 Å². The van der Waals surface area contributed by atoms with Gasteiger partial charge >= 0.3 is 0 Å². The lowest BCUT2D eigenvalue weighted by atomic mass is 10.1. The van der Waals surface area contributed by atoms with Crippen LogP contribution in [0.15, 0.2) is 37.1 Å². The number of imidazole rings is 1. The summed E-state index contributed by atoms with van der Waals surface area (Å²) in [5.41, 5.74) is 1.06. The van der Waals surface area contributed by atoms with Gasteiger partial charge in [0.2, 0.25) is 0 Å². The Kier molecular flexibility index (Phi) is 4.77. The van der Waals surface area contributed by atoms with Crippen LogP contribution >= 0.6 is 0 Å². The third-order valence-corrected chi connectivity index (χ3v) is 6.64. The van der Waals surface area contributed by atoms with E-state index in [9.17, 15) is 8.42 Å². The first-order valence-electron chi connectivity index (χ1n) is 7.93. The zero-order chi connectivity index (χ0) is 16.3. The van der Waals surface area contributed by atoms with Gasteiger partial charge in [0.15, 0.2) is 9.84 Å². The fourth-order valence-electron chi connectivity index (χ4n) is 3.07. The standard InChI is InChI=1S/C16H22N4O2S/c1-13(10-15-5-3-9-23(15,21)22)19-11-14-4-2-6-18-16(14)20-8-7-17-12-20/h2,4,6-8,12-13,15,19H,3,5,9-11H2,1H3. The van der Waals surface area contributed by atoms with Crippen molar-refractivity contribution in [1.29, 1.82) is 0 Å². The molecular weight excluding hydrogens is 312 g/mol. The molecule has 124 valence electrons. The normalized spacial score (nSPS) is 21.3. The Morgan fingerprint density at radius 3 is 3.00 bits per heavy atom. The maximum Gasteiger partial charge on any atom is 0.153 e. The van der Waals surface area contributed by atoms with Gasteiger partial charge in [0, 0.05) is 36.7 Å². The molecule has 0 bridgehead atoms. The number of aromatic nitrogens is 3. The molecule has 0 aliphatic carbocycles. The highest BCUT2D eigenvalue weighted by Gasteiger charge is 2.32. The van der Waals surface area contributed by atoms with Gasteiger partial charge in [-0.05, 0) is 32.3 Å². The van der Waals surface area contributed by atoms with Crippen LogP contribution in [-0.4, -0.2) is 40.0 Å². The van der Waals surface area contributed by atoms with Crippen LogP contribution in [0.1, 0.15) is 31.7 Å². The van der Waals surface area contributed by atoms with Gasteiger partial charge in [0.25, 0.3) is 0 Å². The number of sulfone groups is 1. The molecule has 6 nitrogen and oxygen atoms in total. The van der Waals surface area contributed by atoms with Gasteiger partial charge in [-0.15, -0.1) is 0 Å². The summed E-state index contributed by atoms with van der Waals surface area (Å²) in [6.45, 7) is 2.69. The number of pyridine rings is 1. The van der Waals surface area contributed by atoms with E-state index >= 15 is 0 Å². The van der Waals surface area contributed by atoms with Crippen LogP contribution in [0.5, 0.6) is 0 Å². The molecule has 1 aliphatic heterocycles. The SMILES string of the molecule is CC(CC1CCCS1(=O)=O)NCc1cccnc1-n1ccnc1. The molecule has 0 spiro atoms. The van der Waals surface area contributed by atoms with E-state index in [-0.39, 0.29) is 11.3 Å². The molecule has 0 aromatic carbocycles. The summed E-state index contributed by atoms with van der Waals surface area (Å²) in [6, 6.07) is 4.07. The fourth-order valence-corrected chi connectivity index (χ4v) is 5.08. The van der Waals surface area contributed by atoms with Gasteiger partial charge in [-0.2, -0.15) is 0 Å². The predicted octanol–water partition coefficient (Wildman–Crippen LogP) is 1.71. The maximum atomic E-state index is 11.9. The van der Waals surface area contributed by atoms with Gasteiger partial charge in [0.05, 0.1) is 11.0 Å². The number of hydrogen-bond donors (Lipinski definition) is 1. The first-order valence-corrected chi connectivity index (χ1v) is 9.65. The van der Waals surface area contributed by atoms with Crippen molar-refractivity contribution >= 4 is 9.84 Å². The zero-order valence-corrected chi connectivity index (χ0v) is 14.0. The van der Waals surface area contributed by atoms with Gasteiger partial charge in [0.1, 0.15) is 12.1 Å². The Morgan fingerprint density at radius 1 is 1.43 bits per heavy atom. The Morgan fingerprint density at radius 2 is 2.30 bits per heavy atom. The first kappa shape index (κ1) is 16.1. The van der Waals surface area contributed by atoms with Gasteiger partial charge in [-0.1, -0.05) is 6.07 Å². The molecule has 3 rings (SSSR count). The minimum atomic E-state index is -2.87. The molecule has 1 N–H and O–H groups in total. The van der Waals surface area contributed by atoms with Gasteiger partial charge in [-0.3, -0.25) is 4.57 Å². The van der Waals surface area contributed by atoms with Crippen LogP contribution in [0.3, 0.4) is 0 Å². The van der Waals surface area contributed by atoms with E-state index < -0.39 is 9.84 Å². The molecule has 0 amide bonds. The van der Waals surface area contributed by atoms with E-state index in [1.807, 2.05) is 29.8 Å². The average Bonchev–Trinajstić information content (AvgIpc) is 3.16. The molecule has 1 aliphatic rings. The minimum absolute atomic E-state index is 0.142. The Labute approximate surface area is 136 Å². The lowest BCUT2D eigenvalue weighted by Gasteiger charge is -2.18. The highest BCUT2D eigenvalue weighted by molar-refractivity contribution is 7.92. The summed E-state index contributed by atoms with van der Waals surface area (Å²) in [5.74, 6) is 1.19. The number of hydrogen-bond acceptors (Lipinski definition) is 5. The Bertz CT molecular complexity index is 743. The Balaban J connectivity index is 1.63. The maximum absolute atomic E-state index is 11.9. The number of nitrogens with zero attached hydrogens (tertiary/aromatic N) is 3. The fraction of sp³-hybridized carbons (Fsp3) is 0.500. The van der Waals surface area contributed by atoms with Crippen molar-refractivity contribution in [2.45, 2.75) is 44.0 Å². The van der Waals surface area contributed by atoms with E-state index in [4.69, 9.17) is 0 Å². The van der Waals surface area contributed by atoms with Gasteiger partial charge in [-0.25, -0.2) is 18.4 Å². The van der Waals surface area contributed by atoms with Crippen LogP contribution in [0, 0.1) is 0 Å². The molecule has 2 aromatic rings. The molecule has 1 saturated heterocycles. The van der Waals surface area contributed by atoms with Gasteiger partial charge < -0.3 is 5.32 Å². The number of nitrogens with one attached hydrogen (secondary N) is 1. The second-order valence-corrected chi connectivity index (χ2v) is 8.51. The summed E-state index contributed by atoms with van der Waals surface area (Å²) in [5, 5.41) is 3.24. The molecular formula is C16H22N4O2S. The molecule has 2 aromatic heterocycles. The van der Waals surface area contributed by atoms with Crippen molar-refractivity contribution in [3.63, 3.8) is 0 Å². The lowest BCUT2D eigenvalue weighted by molar-refractivity contribution is 0.488. The minimum Gasteiger partial charge on any atom is -0.310 e. The monoisotopic (exact) mass is 334 g/mol. The van der Waals surface area contributed by atoms with Crippen LogP contribution in [0.4, 0.5) is 0 Å². The summed E-state index contributed by atoms with van der Waals surface area (Å²) < 4.78 is 25.7. The second-order valence-electron chi connectivity index (χ2n) is 6.10. The topological polar surface area (TPSA) is 76.9 Å². The molecule has 0 radical (unpaired) electrons. The first-order chi connectivity index (χ1) is 11.1. The lowest BCUT2D eigenvalue weighted by Crippen LogP contribution is -2.31. The van der Waals surface area contributed by atoms with Crippen LogP contribution < -0.4 is 5.32 Å². The van der Waals surface area contributed by atoms with Crippen molar-refractivity contribution in [3.05, 3.63) is 42.6 Å². The summed E-state index contributed by atoms with van der Waals surface area (Å²) in [4.78, 5) is 8.47. The highest BCUT2D eigenvalue weighted by Crippen LogP contribution is 2.24. The van der Waals surface area contributed by atoms with Crippen molar-refractivity contribution in [1.82, 2.24) is 19.9 Å². The predicted molar refractivity (Wildman–Crippen MR) is 89.1 cm³/mol. The van der Waals surface area contributed by atoms with E-state index in [1.165, 1.54) is 0 Å². The van der Waals surface area contributed by atoms with E-state index in [1.54, 1.807) is 18.7 Å². The quantitative estimate of drug-likeness (QED) is 0.870. The smallest absolute Gasteiger partial charge is 0.153 e. The molecule has 2 unspecified atom stereocenters. The van der Waals surface area contributed by atoms with Crippen LogP contribution in [-0.2, 0) is 16.4 Å². The Hall–Kier alpha value is -1.73. The molecule has 1 fully saturated rings. The van der Waals surface area contributed by atoms with Crippen molar-refractivity contribution in [3.8, 4) is 5.82 Å². The van der Waals surface area contributed by atoms with E-state index in [2.05, 4.69) is 15.3 Å². The van der Waals surface area contributed by atoms with Crippen molar-refractivity contribution in [2.75, 3.05) is 5.75 Å². The molecule has 3 heterocycles. The summed E-state index contributed by atoms with van der Waals surface area (Å²) in [7, 11) is -2.87. The largest absolute Gasteiger partial charge is 0.310 e. The summed E-state index contributed by atoms with van der Waals surface area (Å²) >= 11 is 0. The second kappa shape index (κ2) is 6.80. The van der Waals surface area contributed by atoms with Crippen LogP contribution in [0.2, 0.25) is 0 Å². The molecule has 7 heteroatoms. The van der Waals surface area contributed by atoms with E-state index in [0.29, 0.717) is 18.7 Å². The van der Waals surface area contributed by atoms with Crippen molar-refractivity contribution < 1.29 is 8.42 Å². The number of rotatable bonds is 6. The van der Waals surface area contributed by atoms with E-state index in [0.717, 1.165) is 24.2 Å². The van der Waals surface area contributed by atoms with Crippen molar-refractivity contribution in [2.24, 2.45) is 0 Å². The molecule has 0 saturated carbocycles. The third-order valence-electron chi connectivity index (χ3n) is 4.34. The zero-order valence-electron chi connectivity index (χ0n) is 13.2. The molecule has 23 heavy (non-hydrogen) atoms. The average molecular weight is 334 g/mol. The third kappa shape index (κ3) is 3.79. The molecule has 2 atom stereocenters. The highest BCUT2D eigenvalue weighted by atomic mass is 32.2. The summed E-state index contributed by atoms with van der Waals surface area (Å²) in [6.07, 6.45) is 9.32.